The van der Waals surface area contributed by atoms with Gasteiger partial charge in [0.25, 0.3) is 5.91 Å². The highest BCUT2D eigenvalue weighted by atomic mass is 31.1. The average Bonchev–Trinajstić information content (AvgIpc) is 3.42. The van der Waals surface area contributed by atoms with Gasteiger partial charge in [0.05, 0.1) is 18.6 Å². The number of ether oxygens (including phenoxy) is 1. The molecule has 6 heteroatoms. The lowest BCUT2D eigenvalue weighted by Crippen LogP contribution is -2.37. The maximum atomic E-state index is 12.9. The van der Waals surface area contributed by atoms with Gasteiger partial charge in [-0.1, -0.05) is 47.9 Å². The quantitative estimate of drug-likeness (QED) is 0.646. The molecule has 1 N–H and O–H groups in total. The first kappa shape index (κ1) is 24.0. The van der Waals surface area contributed by atoms with Gasteiger partial charge in [-0.25, -0.2) is 0 Å². The van der Waals surface area contributed by atoms with Gasteiger partial charge in [0.1, 0.15) is 5.75 Å². The summed E-state index contributed by atoms with van der Waals surface area (Å²) in [6, 6.07) is 6.16. The molecule has 33 heavy (non-hydrogen) atoms. The van der Waals surface area contributed by atoms with E-state index in [9.17, 15) is 4.79 Å². The molecule has 1 amide bonds. The fraction of sp³-hybridized carbons (Fsp3) is 0.519. The number of hydrogen-bond acceptors (Lipinski definition) is 4. The summed E-state index contributed by atoms with van der Waals surface area (Å²) >= 11 is 0. The van der Waals surface area contributed by atoms with E-state index in [-0.39, 0.29) is 11.7 Å². The van der Waals surface area contributed by atoms with Gasteiger partial charge >= 0.3 is 0 Å². The predicted octanol–water partition coefficient (Wildman–Crippen LogP) is 4.81. The number of carbonyl (C=O) groups excluding carboxylic acids is 1. The fourth-order valence-electron chi connectivity index (χ4n) is 4.73. The first-order valence-electron chi connectivity index (χ1n) is 12.2. The molecule has 4 atom stereocenters. The highest BCUT2D eigenvalue weighted by Gasteiger charge is 2.38. The Kier molecular flexibility index (Phi) is 7.61. The van der Waals surface area contributed by atoms with Crippen LogP contribution in [0.1, 0.15) is 38.3 Å². The Balaban J connectivity index is 0.000000471. The van der Waals surface area contributed by atoms with Gasteiger partial charge in [0.2, 0.25) is 0 Å². The monoisotopic (exact) mass is 467 g/mol. The van der Waals surface area contributed by atoms with E-state index in [1.807, 2.05) is 24.0 Å². The van der Waals surface area contributed by atoms with Crippen LogP contribution in [0.4, 0.5) is 0 Å². The molecule has 2 fully saturated rings. The summed E-state index contributed by atoms with van der Waals surface area (Å²) in [5.74, 6) is 3.46. The zero-order valence-electron chi connectivity index (χ0n) is 20.6. The van der Waals surface area contributed by atoms with Crippen LogP contribution in [0.3, 0.4) is 0 Å². The lowest BCUT2D eigenvalue weighted by atomic mass is 10.0. The van der Waals surface area contributed by atoms with Gasteiger partial charge in [-0.2, -0.15) is 0 Å². The van der Waals surface area contributed by atoms with Crippen LogP contribution < -0.4 is 10.1 Å². The maximum Gasteiger partial charge on any atom is 0.252 e. The van der Waals surface area contributed by atoms with Crippen molar-refractivity contribution in [1.29, 1.82) is 0 Å². The second-order valence-electron chi connectivity index (χ2n) is 9.88. The summed E-state index contributed by atoms with van der Waals surface area (Å²) in [6.07, 6.45) is 9.62. The van der Waals surface area contributed by atoms with Crippen LogP contribution in [-0.4, -0.2) is 54.8 Å². The molecule has 0 aliphatic carbocycles. The largest absolute Gasteiger partial charge is 0.496 e. The van der Waals surface area contributed by atoms with E-state index < -0.39 is 0 Å². The minimum Gasteiger partial charge on any atom is -0.496 e. The third kappa shape index (κ3) is 5.36. The first-order valence-corrected chi connectivity index (χ1v) is 13.3. The van der Waals surface area contributed by atoms with E-state index in [2.05, 4.69) is 61.5 Å². The number of hydrogen-bond donors (Lipinski definition) is 1. The second kappa shape index (κ2) is 10.4. The Morgan fingerprint density at radius 3 is 2.52 bits per heavy atom. The Labute approximate surface area is 200 Å². The molecule has 0 spiro atoms. The maximum absolute atomic E-state index is 12.9. The number of methoxy groups -OCH3 is 1. The van der Waals surface area contributed by atoms with Crippen molar-refractivity contribution < 1.29 is 9.53 Å². The highest BCUT2D eigenvalue weighted by Crippen LogP contribution is 2.45. The lowest BCUT2D eigenvalue weighted by molar-refractivity contribution is -0.123. The molecule has 0 bridgehead atoms. The first-order chi connectivity index (χ1) is 15.9. The van der Waals surface area contributed by atoms with Crippen LogP contribution in [0, 0.1) is 24.7 Å². The van der Waals surface area contributed by atoms with Crippen molar-refractivity contribution in [1.82, 2.24) is 15.1 Å². The summed E-state index contributed by atoms with van der Waals surface area (Å²) < 4.78 is 5.36. The van der Waals surface area contributed by atoms with E-state index in [0.29, 0.717) is 8.58 Å². The molecule has 5 rings (SSSR count). The van der Waals surface area contributed by atoms with Crippen LogP contribution in [0.5, 0.6) is 5.75 Å². The predicted molar refractivity (Wildman–Crippen MR) is 138 cm³/mol. The van der Waals surface area contributed by atoms with Crippen LogP contribution in [-0.2, 0) is 4.79 Å². The van der Waals surface area contributed by atoms with Gasteiger partial charge < -0.3 is 19.9 Å². The number of aryl methyl sites for hydroxylation is 1. The number of rotatable bonds is 4. The molecule has 4 aliphatic rings. The number of carbonyl (C=O) groups is 1. The Hall–Kier alpha value is -2.10. The number of allylic oxidation sites excluding steroid dienone is 1. The summed E-state index contributed by atoms with van der Waals surface area (Å²) in [6.45, 7) is 13.1. The molecular weight excluding hydrogens is 429 g/mol. The molecule has 0 aromatic heterocycles. The van der Waals surface area contributed by atoms with E-state index in [1.54, 1.807) is 7.11 Å². The molecule has 4 heterocycles. The molecule has 1 aromatic rings. The Morgan fingerprint density at radius 2 is 1.91 bits per heavy atom. The summed E-state index contributed by atoms with van der Waals surface area (Å²) in [7, 11) is 2.23. The minimum absolute atomic E-state index is 0.0788. The van der Waals surface area contributed by atoms with Gasteiger partial charge in [-0.15, -0.1) is 0 Å². The fourth-order valence-corrected chi connectivity index (χ4v) is 6.11. The molecule has 1 aromatic carbocycles. The standard InChI is InChI=1S/C22H26N3O2P.C5H12/c1-14-7-15(3-5-19(14)27-2)20-8-21(26)25-13-18(4-6-22(25)28-20)24-11-16-9-23-10-17(16)12-24;1-4-5(2)3/h3-8,13,16-17,22-23,28H,9-12H2,1-2H3;5H,4H2,1-3H3/t16-,17+,22?;. The lowest BCUT2D eigenvalue weighted by Gasteiger charge is -2.35. The van der Waals surface area contributed by atoms with E-state index in [0.717, 1.165) is 66.1 Å². The number of nitrogens with zero attached hydrogens (tertiary/aromatic N) is 2. The molecular formula is C27H38N3O2P. The van der Waals surface area contributed by atoms with Crippen LogP contribution in [0.2, 0.25) is 0 Å². The third-order valence-electron chi connectivity index (χ3n) is 7.12. The molecule has 2 unspecified atom stereocenters. The second-order valence-corrected chi connectivity index (χ2v) is 11.3. The number of benzene rings is 1. The topological polar surface area (TPSA) is 44.8 Å². The zero-order valence-corrected chi connectivity index (χ0v) is 21.6. The van der Waals surface area contributed by atoms with Gasteiger partial charge in [-0.3, -0.25) is 4.79 Å². The number of fused-ring (bicyclic) bond motifs is 2. The summed E-state index contributed by atoms with van der Waals surface area (Å²) in [5.41, 5.74) is 3.39. The SMILES string of the molecule is CCC(C)C.COc1ccc(C2=CC(=O)N3C=C(N4C[C@H]5CNC[C@H]5C4)C=CC3P2)cc1C. The van der Waals surface area contributed by atoms with Crippen molar-refractivity contribution in [3.8, 4) is 5.75 Å². The summed E-state index contributed by atoms with van der Waals surface area (Å²) in [5, 5.41) is 4.61. The highest BCUT2D eigenvalue weighted by molar-refractivity contribution is 7.51. The van der Waals surface area contributed by atoms with Crippen molar-refractivity contribution in [2.24, 2.45) is 17.8 Å². The van der Waals surface area contributed by atoms with Crippen molar-refractivity contribution >= 4 is 19.8 Å². The van der Waals surface area contributed by atoms with Crippen LogP contribution in [0.25, 0.3) is 5.31 Å². The van der Waals surface area contributed by atoms with Crippen molar-refractivity contribution in [2.75, 3.05) is 33.3 Å². The van der Waals surface area contributed by atoms with Crippen LogP contribution in [0.15, 0.2) is 48.3 Å². The van der Waals surface area contributed by atoms with Gasteiger partial charge in [-0.05, 0) is 59.3 Å². The molecule has 2 saturated heterocycles. The number of nitrogens with one attached hydrogen (secondary N) is 1. The summed E-state index contributed by atoms with van der Waals surface area (Å²) in [4.78, 5) is 17.3. The molecule has 0 radical (unpaired) electrons. The van der Waals surface area contributed by atoms with Crippen molar-refractivity contribution in [2.45, 2.75) is 39.9 Å². The molecule has 0 saturated carbocycles. The Bertz CT molecular complexity index is 956. The number of amides is 1. The third-order valence-corrected chi connectivity index (χ3v) is 8.63. The van der Waals surface area contributed by atoms with E-state index >= 15 is 0 Å². The van der Waals surface area contributed by atoms with E-state index in [4.69, 9.17) is 4.74 Å². The number of likely N-dealkylation sites (tertiary alicyclic amines) is 1. The average molecular weight is 468 g/mol. The molecule has 5 nitrogen and oxygen atoms in total. The zero-order chi connectivity index (χ0) is 23.5. The normalized spacial score (nSPS) is 26.6. The molecule has 178 valence electrons. The Morgan fingerprint density at radius 1 is 1.21 bits per heavy atom. The minimum atomic E-state index is 0.0788. The van der Waals surface area contributed by atoms with Gasteiger partial charge in [0, 0.05) is 38.5 Å². The van der Waals surface area contributed by atoms with Crippen molar-refractivity contribution in [3.05, 3.63) is 59.5 Å². The smallest absolute Gasteiger partial charge is 0.252 e. The van der Waals surface area contributed by atoms with E-state index in [1.165, 1.54) is 12.1 Å². The molecule has 4 aliphatic heterocycles. The van der Waals surface area contributed by atoms with Crippen molar-refractivity contribution in [3.63, 3.8) is 0 Å². The van der Waals surface area contributed by atoms with Crippen LogP contribution >= 0.6 is 8.58 Å². The van der Waals surface area contributed by atoms with Gasteiger partial charge in [0.15, 0.2) is 0 Å².